The van der Waals surface area contributed by atoms with Gasteiger partial charge in [0.2, 0.25) is 0 Å². The summed E-state index contributed by atoms with van der Waals surface area (Å²) in [5.74, 6) is 0. The number of fused-ring (bicyclic) bond motifs is 1. The highest BCUT2D eigenvalue weighted by Gasteiger charge is 2.17. The highest BCUT2D eigenvalue weighted by molar-refractivity contribution is 6.72. The number of hydrogen-bond acceptors (Lipinski definition) is 1. The summed E-state index contributed by atoms with van der Waals surface area (Å²) in [6.45, 7) is 5.59. The van der Waals surface area contributed by atoms with Gasteiger partial charge in [0.05, 0.1) is 8.80 Å². The topological polar surface area (TPSA) is 17.8 Å². The van der Waals surface area contributed by atoms with Crippen molar-refractivity contribution in [3.8, 4) is 0 Å². The van der Waals surface area contributed by atoms with Gasteiger partial charge >= 0.3 is 0 Å². The van der Waals surface area contributed by atoms with Crippen LogP contribution in [0.2, 0.25) is 12.1 Å². The van der Waals surface area contributed by atoms with E-state index in [1.54, 1.807) is 5.32 Å². The Hall–Kier alpha value is -1.87. The molecule has 108 valence electrons. The second-order valence-corrected chi connectivity index (χ2v) is 9.19. The van der Waals surface area contributed by atoms with E-state index in [1.807, 2.05) is 12.3 Å². The summed E-state index contributed by atoms with van der Waals surface area (Å²) in [7, 11) is -0.883. The van der Waals surface area contributed by atoms with E-state index < -0.39 is 8.80 Å². The molecule has 3 aromatic rings. The first-order chi connectivity index (χ1) is 10.3. The van der Waals surface area contributed by atoms with E-state index in [-0.39, 0.29) is 0 Å². The van der Waals surface area contributed by atoms with E-state index in [1.165, 1.54) is 23.0 Å². The minimum atomic E-state index is -0.883. The third kappa shape index (κ3) is 2.79. The molecule has 0 N–H and O–H groups in total. The fourth-order valence-corrected chi connectivity index (χ4v) is 5.57. The standard InChI is InChI=1S/C18H22N2Si/c1-3-21(4-2)17-13-16-11-8-12-19-18(16)20(17)14-15-9-6-5-7-10-15/h5-13,21H,3-4,14H2,1-2H3. The third-order valence-electron chi connectivity index (χ3n) is 4.27. The number of aromatic nitrogens is 2. The lowest BCUT2D eigenvalue weighted by molar-refractivity contribution is 0.844. The molecule has 0 aliphatic heterocycles. The lowest BCUT2D eigenvalue weighted by Gasteiger charge is -2.16. The molecule has 1 aromatic carbocycles. The SMILES string of the molecule is CC[SiH](CC)c1cc2cccnc2n1Cc1ccccc1. The lowest BCUT2D eigenvalue weighted by atomic mass is 10.2. The second kappa shape index (κ2) is 6.27. The maximum atomic E-state index is 4.63. The van der Waals surface area contributed by atoms with Crippen molar-refractivity contribution in [1.29, 1.82) is 0 Å². The Morgan fingerprint density at radius 2 is 1.76 bits per heavy atom. The first-order valence-electron chi connectivity index (χ1n) is 7.81. The molecule has 0 atom stereocenters. The van der Waals surface area contributed by atoms with Gasteiger partial charge in [-0.1, -0.05) is 56.3 Å². The van der Waals surface area contributed by atoms with Gasteiger partial charge in [0.1, 0.15) is 5.65 Å². The smallest absolute Gasteiger partial charge is 0.140 e. The number of pyridine rings is 1. The Morgan fingerprint density at radius 1 is 1.00 bits per heavy atom. The molecular formula is C18H22N2Si. The van der Waals surface area contributed by atoms with Gasteiger partial charge in [0.15, 0.2) is 0 Å². The Bertz CT molecular complexity index is 714. The first-order valence-corrected chi connectivity index (χ1v) is 10.0. The zero-order valence-corrected chi connectivity index (χ0v) is 13.9. The van der Waals surface area contributed by atoms with Gasteiger partial charge in [-0.25, -0.2) is 4.98 Å². The Morgan fingerprint density at radius 3 is 2.48 bits per heavy atom. The number of nitrogens with zero attached hydrogens (tertiary/aromatic N) is 2. The van der Waals surface area contributed by atoms with Crippen LogP contribution in [0, 0.1) is 0 Å². The van der Waals surface area contributed by atoms with Gasteiger partial charge in [-0.05, 0) is 23.8 Å². The molecular weight excluding hydrogens is 272 g/mol. The number of hydrogen-bond donors (Lipinski definition) is 0. The zero-order valence-electron chi connectivity index (χ0n) is 12.8. The van der Waals surface area contributed by atoms with Crippen LogP contribution in [0.4, 0.5) is 0 Å². The van der Waals surface area contributed by atoms with E-state index in [4.69, 9.17) is 0 Å². The van der Waals surface area contributed by atoms with Gasteiger partial charge in [-0.2, -0.15) is 0 Å². The first kappa shape index (κ1) is 14.1. The number of rotatable bonds is 5. The average Bonchev–Trinajstić information content (AvgIpc) is 2.89. The molecule has 2 heterocycles. The van der Waals surface area contributed by atoms with E-state index in [2.05, 4.69) is 65.9 Å². The van der Waals surface area contributed by atoms with E-state index in [0.29, 0.717) is 0 Å². The van der Waals surface area contributed by atoms with Crippen molar-refractivity contribution >= 4 is 25.1 Å². The molecule has 0 radical (unpaired) electrons. The average molecular weight is 294 g/mol. The van der Waals surface area contributed by atoms with Crippen LogP contribution < -0.4 is 5.32 Å². The Kier molecular flexibility index (Phi) is 4.20. The summed E-state index contributed by atoms with van der Waals surface area (Å²) in [6.07, 6.45) is 1.90. The van der Waals surface area contributed by atoms with Crippen molar-refractivity contribution in [2.75, 3.05) is 0 Å². The highest BCUT2D eigenvalue weighted by Crippen LogP contribution is 2.15. The zero-order chi connectivity index (χ0) is 14.7. The molecule has 0 saturated carbocycles. The predicted molar refractivity (Wildman–Crippen MR) is 93.0 cm³/mol. The van der Waals surface area contributed by atoms with Crippen LogP contribution >= 0.6 is 0 Å². The van der Waals surface area contributed by atoms with Crippen molar-refractivity contribution in [2.45, 2.75) is 32.5 Å². The Labute approximate surface area is 128 Å². The second-order valence-electron chi connectivity index (χ2n) is 5.57. The van der Waals surface area contributed by atoms with Crippen molar-refractivity contribution in [3.05, 3.63) is 60.3 Å². The molecule has 2 aromatic heterocycles. The summed E-state index contributed by atoms with van der Waals surface area (Å²) in [6, 6.07) is 19.9. The summed E-state index contributed by atoms with van der Waals surface area (Å²) < 4.78 is 2.45. The largest absolute Gasteiger partial charge is 0.329 e. The van der Waals surface area contributed by atoms with Crippen LogP contribution in [0.3, 0.4) is 0 Å². The van der Waals surface area contributed by atoms with E-state index >= 15 is 0 Å². The molecule has 0 amide bonds. The van der Waals surface area contributed by atoms with Gasteiger partial charge in [0.25, 0.3) is 0 Å². The van der Waals surface area contributed by atoms with Gasteiger partial charge in [-0.3, -0.25) is 0 Å². The van der Waals surface area contributed by atoms with Gasteiger partial charge in [0, 0.05) is 23.4 Å². The lowest BCUT2D eigenvalue weighted by Crippen LogP contribution is -2.35. The van der Waals surface area contributed by atoms with Gasteiger partial charge in [-0.15, -0.1) is 0 Å². The fourth-order valence-electron chi connectivity index (χ4n) is 3.08. The van der Waals surface area contributed by atoms with Crippen molar-refractivity contribution < 1.29 is 0 Å². The quantitative estimate of drug-likeness (QED) is 0.658. The minimum Gasteiger partial charge on any atom is -0.329 e. The predicted octanol–water partition coefficient (Wildman–Crippen LogP) is 3.56. The monoisotopic (exact) mass is 294 g/mol. The molecule has 3 heteroatoms. The van der Waals surface area contributed by atoms with Crippen LogP contribution in [0.25, 0.3) is 11.0 Å². The van der Waals surface area contributed by atoms with Crippen molar-refractivity contribution in [3.63, 3.8) is 0 Å². The molecule has 0 bridgehead atoms. The molecule has 0 unspecified atom stereocenters. The molecule has 0 spiro atoms. The maximum Gasteiger partial charge on any atom is 0.140 e. The third-order valence-corrected chi connectivity index (χ3v) is 7.56. The molecule has 0 fully saturated rings. The highest BCUT2D eigenvalue weighted by atomic mass is 28.3. The molecule has 0 saturated heterocycles. The molecule has 0 aliphatic rings. The molecule has 2 nitrogen and oxygen atoms in total. The van der Waals surface area contributed by atoms with E-state index in [9.17, 15) is 0 Å². The van der Waals surface area contributed by atoms with Crippen LogP contribution in [0.5, 0.6) is 0 Å². The molecule has 0 aliphatic carbocycles. The van der Waals surface area contributed by atoms with E-state index in [0.717, 1.165) is 12.2 Å². The molecule has 21 heavy (non-hydrogen) atoms. The van der Waals surface area contributed by atoms with Crippen LogP contribution in [-0.2, 0) is 6.54 Å². The van der Waals surface area contributed by atoms with Crippen LogP contribution in [-0.4, -0.2) is 18.3 Å². The summed E-state index contributed by atoms with van der Waals surface area (Å²) >= 11 is 0. The maximum absolute atomic E-state index is 4.63. The molecule has 3 rings (SSSR count). The van der Waals surface area contributed by atoms with Crippen molar-refractivity contribution in [2.24, 2.45) is 0 Å². The number of benzene rings is 1. The fraction of sp³-hybridized carbons (Fsp3) is 0.278. The normalized spacial score (nSPS) is 11.4. The van der Waals surface area contributed by atoms with Crippen molar-refractivity contribution in [1.82, 2.24) is 9.55 Å². The Balaban J connectivity index is 2.11. The summed E-state index contributed by atoms with van der Waals surface area (Å²) in [4.78, 5) is 4.63. The van der Waals surface area contributed by atoms with Crippen LogP contribution in [0.1, 0.15) is 19.4 Å². The summed E-state index contributed by atoms with van der Waals surface area (Å²) in [5, 5.41) is 2.83. The minimum absolute atomic E-state index is 0.883. The van der Waals surface area contributed by atoms with Crippen LogP contribution in [0.15, 0.2) is 54.7 Å². The van der Waals surface area contributed by atoms with Gasteiger partial charge < -0.3 is 4.57 Å². The summed E-state index contributed by atoms with van der Waals surface area (Å²) in [5.41, 5.74) is 2.48.